The van der Waals surface area contributed by atoms with Gasteiger partial charge in [0, 0.05) is 23.6 Å². The van der Waals surface area contributed by atoms with Crippen LogP contribution < -0.4 is 15.2 Å². The summed E-state index contributed by atoms with van der Waals surface area (Å²) < 4.78 is 55.8. The molecule has 0 fully saturated rings. The third-order valence-electron chi connectivity index (χ3n) is 4.78. The van der Waals surface area contributed by atoms with E-state index in [0.717, 1.165) is 17.4 Å². The highest BCUT2D eigenvalue weighted by Gasteiger charge is 2.16. The molecule has 0 spiro atoms. The van der Waals surface area contributed by atoms with Gasteiger partial charge in [-0.3, -0.25) is 4.72 Å². The van der Waals surface area contributed by atoms with Crippen LogP contribution in [-0.4, -0.2) is 40.9 Å². The molecule has 32 heavy (non-hydrogen) atoms. The van der Waals surface area contributed by atoms with Gasteiger partial charge in [0.05, 0.1) is 23.4 Å². The Balaban J connectivity index is 2.04. The van der Waals surface area contributed by atoms with Crippen LogP contribution in [0.5, 0.6) is 5.75 Å². The zero-order chi connectivity index (χ0) is 23.5. The second-order valence-electron chi connectivity index (χ2n) is 7.29. The fourth-order valence-electron chi connectivity index (χ4n) is 3.20. The van der Waals surface area contributed by atoms with Gasteiger partial charge >= 0.3 is 0 Å². The van der Waals surface area contributed by atoms with Gasteiger partial charge in [0.2, 0.25) is 10.0 Å². The number of nitrogens with one attached hydrogen (secondary N) is 1. The van der Waals surface area contributed by atoms with Gasteiger partial charge in [0.1, 0.15) is 11.6 Å². The second-order valence-corrected chi connectivity index (χ2v) is 11.1. The largest absolute Gasteiger partial charge is 0.495 e. The van der Waals surface area contributed by atoms with Crippen LogP contribution in [0.15, 0.2) is 59.6 Å². The van der Waals surface area contributed by atoms with Gasteiger partial charge in [-0.25, -0.2) is 21.8 Å². The van der Waals surface area contributed by atoms with E-state index in [4.69, 9.17) is 10.5 Å². The molecule has 0 bridgehead atoms. The summed E-state index contributed by atoms with van der Waals surface area (Å²) in [5.41, 5.74) is 9.18. The molecule has 8 nitrogen and oxygen atoms in total. The van der Waals surface area contributed by atoms with Gasteiger partial charge in [-0.2, -0.15) is 0 Å². The number of hydrogen-bond donors (Lipinski definition) is 2. The molecule has 0 saturated heterocycles. The van der Waals surface area contributed by atoms with Crippen molar-refractivity contribution in [3.8, 4) is 28.0 Å². The number of pyridine rings is 1. The zero-order valence-electron chi connectivity index (χ0n) is 18.0. The molecule has 0 aliphatic rings. The topological polar surface area (TPSA) is 128 Å². The summed E-state index contributed by atoms with van der Waals surface area (Å²) in [6, 6.07) is 13.4. The minimum absolute atomic E-state index is 0.0109. The molecule has 0 unspecified atom stereocenters. The van der Waals surface area contributed by atoms with Crippen LogP contribution in [0.1, 0.15) is 13.3 Å². The number of benzene rings is 2. The number of anilines is 2. The van der Waals surface area contributed by atoms with Crippen molar-refractivity contribution in [2.24, 2.45) is 0 Å². The number of hydrogen-bond acceptors (Lipinski definition) is 7. The van der Waals surface area contributed by atoms with Gasteiger partial charge in [-0.1, -0.05) is 25.1 Å². The van der Waals surface area contributed by atoms with Crippen molar-refractivity contribution < 1.29 is 21.6 Å². The Bertz CT molecular complexity index is 1340. The highest BCUT2D eigenvalue weighted by Crippen LogP contribution is 2.35. The van der Waals surface area contributed by atoms with E-state index in [9.17, 15) is 16.8 Å². The van der Waals surface area contributed by atoms with E-state index < -0.39 is 19.9 Å². The monoisotopic (exact) mass is 475 g/mol. The number of sulfonamides is 1. The molecule has 0 atom stereocenters. The van der Waals surface area contributed by atoms with Crippen LogP contribution in [0.3, 0.4) is 0 Å². The van der Waals surface area contributed by atoms with E-state index in [-0.39, 0.29) is 16.5 Å². The molecule has 0 saturated carbocycles. The van der Waals surface area contributed by atoms with E-state index in [1.54, 1.807) is 43.5 Å². The highest BCUT2D eigenvalue weighted by molar-refractivity contribution is 7.92. The molecule has 1 aromatic heterocycles. The zero-order valence-corrected chi connectivity index (χ0v) is 19.6. The number of nitrogens with zero attached hydrogens (tertiary/aromatic N) is 1. The van der Waals surface area contributed by atoms with Crippen LogP contribution >= 0.6 is 0 Å². The number of aromatic nitrogens is 1. The third-order valence-corrected chi connectivity index (χ3v) is 7.39. The summed E-state index contributed by atoms with van der Waals surface area (Å²) in [7, 11) is -5.35. The number of rotatable bonds is 8. The van der Waals surface area contributed by atoms with Crippen molar-refractivity contribution in [3.05, 3.63) is 54.7 Å². The van der Waals surface area contributed by atoms with Crippen molar-refractivity contribution in [1.29, 1.82) is 0 Å². The van der Waals surface area contributed by atoms with E-state index in [1.165, 1.54) is 19.2 Å². The molecule has 2 aromatic carbocycles. The first kappa shape index (κ1) is 23.6. The molecular formula is C22H25N3O5S2. The maximum absolute atomic E-state index is 12.3. The molecule has 170 valence electrons. The Morgan fingerprint density at radius 2 is 1.62 bits per heavy atom. The minimum atomic E-state index is -3.52. The van der Waals surface area contributed by atoms with Crippen LogP contribution in [-0.2, 0) is 19.9 Å². The second kappa shape index (κ2) is 9.17. The Kier molecular flexibility index (Phi) is 6.75. The lowest BCUT2D eigenvalue weighted by Gasteiger charge is -2.14. The summed E-state index contributed by atoms with van der Waals surface area (Å²) >= 11 is 0. The molecular weight excluding hydrogens is 450 g/mol. The SMILES string of the molecule is CCCS(=O)(=O)Nc1cc(-c2cc(-c3ccc(S(C)(=O)=O)cc3)cnc2N)ccc1OC. The molecule has 0 amide bonds. The van der Waals surface area contributed by atoms with Crippen molar-refractivity contribution in [1.82, 2.24) is 4.98 Å². The number of sulfone groups is 1. The maximum atomic E-state index is 12.3. The van der Waals surface area contributed by atoms with E-state index >= 15 is 0 Å². The third kappa shape index (κ3) is 5.38. The van der Waals surface area contributed by atoms with Crippen LogP contribution in [0, 0.1) is 0 Å². The highest BCUT2D eigenvalue weighted by atomic mass is 32.2. The summed E-state index contributed by atoms with van der Waals surface area (Å²) in [6.07, 6.45) is 3.23. The number of nitrogens with two attached hydrogens (primary N) is 1. The van der Waals surface area contributed by atoms with E-state index in [1.807, 2.05) is 6.07 Å². The normalized spacial score (nSPS) is 11.8. The fraction of sp³-hybridized carbons (Fsp3) is 0.227. The molecule has 3 aromatic rings. The fourth-order valence-corrected chi connectivity index (χ4v) is 4.97. The summed E-state index contributed by atoms with van der Waals surface area (Å²) in [4.78, 5) is 4.49. The van der Waals surface area contributed by atoms with Gasteiger partial charge in [0.15, 0.2) is 9.84 Å². The summed E-state index contributed by atoms with van der Waals surface area (Å²) in [5.74, 6) is 0.643. The minimum Gasteiger partial charge on any atom is -0.495 e. The molecule has 1 heterocycles. The Morgan fingerprint density at radius 3 is 2.22 bits per heavy atom. The predicted molar refractivity (Wildman–Crippen MR) is 127 cm³/mol. The standard InChI is InChI=1S/C22H25N3O5S2/c1-4-11-32(28,29)25-20-13-16(7-10-21(20)30-2)19-12-17(14-24-22(19)23)15-5-8-18(9-6-15)31(3,26)27/h5-10,12-14,25H,4,11H2,1-3H3,(H2,23,24). The van der Waals surface area contributed by atoms with Gasteiger partial charge in [-0.15, -0.1) is 0 Å². The van der Waals surface area contributed by atoms with Gasteiger partial charge in [-0.05, 0) is 47.9 Å². The Morgan fingerprint density at radius 1 is 0.969 bits per heavy atom. The molecule has 3 rings (SSSR count). The lowest BCUT2D eigenvalue weighted by molar-refractivity contribution is 0.417. The number of methoxy groups -OCH3 is 1. The number of nitrogen functional groups attached to an aromatic ring is 1. The lowest BCUT2D eigenvalue weighted by atomic mass is 10.0. The van der Waals surface area contributed by atoms with Crippen LogP contribution in [0.2, 0.25) is 0 Å². The first-order valence-electron chi connectivity index (χ1n) is 9.79. The van der Waals surface area contributed by atoms with E-state index in [2.05, 4.69) is 9.71 Å². The molecule has 0 radical (unpaired) electrons. The summed E-state index contributed by atoms with van der Waals surface area (Å²) in [5, 5.41) is 0. The van der Waals surface area contributed by atoms with Gasteiger partial charge in [0.25, 0.3) is 0 Å². The van der Waals surface area contributed by atoms with Crippen molar-refractivity contribution >= 4 is 31.4 Å². The van der Waals surface area contributed by atoms with Crippen molar-refractivity contribution in [2.45, 2.75) is 18.2 Å². The predicted octanol–water partition coefficient (Wildman–Crippen LogP) is 3.56. The van der Waals surface area contributed by atoms with Crippen molar-refractivity contribution in [2.75, 3.05) is 29.6 Å². The molecule has 3 N–H and O–H groups in total. The average molecular weight is 476 g/mol. The number of ether oxygens (including phenoxy) is 1. The first-order chi connectivity index (χ1) is 15.0. The van der Waals surface area contributed by atoms with Gasteiger partial charge < -0.3 is 10.5 Å². The Hall–Kier alpha value is -3.11. The smallest absolute Gasteiger partial charge is 0.232 e. The molecule has 10 heteroatoms. The quantitative estimate of drug-likeness (QED) is 0.510. The Labute approximate surface area is 188 Å². The van der Waals surface area contributed by atoms with E-state index in [0.29, 0.717) is 29.0 Å². The van der Waals surface area contributed by atoms with Crippen molar-refractivity contribution in [3.63, 3.8) is 0 Å². The molecule has 0 aliphatic carbocycles. The summed E-state index contributed by atoms with van der Waals surface area (Å²) in [6.45, 7) is 1.78. The maximum Gasteiger partial charge on any atom is 0.232 e. The average Bonchev–Trinajstić information content (AvgIpc) is 2.73. The van der Waals surface area contributed by atoms with Crippen LogP contribution in [0.25, 0.3) is 22.3 Å². The first-order valence-corrected chi connectivity index (χ1v) is 13.3. The van der Waals surface area contributed by atoms with Crippen LogP contribution in [0.4, 0.5) is 11.5 Å². The molecule has 0 aliphatic heterocycles. The lowest BCUT2D eigenvalue weighted by Crippen LogP contribution is -2.16.